The van der Waals surface area contributed by atoms with Crippen LogP contribution in [0, 0.1) is 12.7 Å². The maximum atomic E-state index is 13.6. The topological polar surface area (TPSA) is 55.4 Å². The van der Waals surface area contributed by atoms with Crippen molar-refractivity contribution in [1.29, 1.82) is 0 Å². The van der Waals surface area contributed by atoms with Crippen molar-refractivity contribution >= 4 is 31.6 Å². The Kier molecular flexibility index (Phi) is 4.53. The smallest absolute Gasteiger partial charge is 0.262 e. The van der Waals surface area contributed by atoms with Crippen molar-refractivity contribution in [2.24, 2.45) is 0 Å². The summed E-state index contributed by atoms with van der Waals surface area (Å²) >= 11 is 3.34. The minimum absolute atomic E-state index is 0.00608. The van der Waals surface area contributed by atoms with Gasteiger partial charge in [0.2, 0.25) is 0 Å². The van der Waals surface area contributed by atoms with Crippen LogP contribution in [0.4, 0.5) is 10.1 Å². The van der Waals surface area contributed by atoms with Crippen molar-refractivity contribution in [3.8, 4) is 5.75 Å². The highest BCUT2D eigenvalue weighted by Crippen LogP contribution is 2.24. The lowest BCUT2D eigenvalue weighted by molar-refractivity contribution is 0.385. The quantitative estimate of drug-likeness (QED) is 0.888. The molecule has 0 fully saturated rings. The van der Waals surface area contributed by atoms with Gasteiger partial charge in [-0.05, 0) is 48.9 Å². The van der Waals surface area contributed by atoms with Gasteiger partial charge in [-0.2, -0.15) is 0 Å². The summed E-state index contributed by atoms with van der Waals surface area (Å²) in [6, 6.07) is 8.53. The molecule has 1 N–H and O–H groups in total. The predicted octanol–water partition coefficient (Wildman–Crippen LogP) is 3.71. The molecule has 2 aromatic carbocycles. The van der Waals surface area contributed by atoms with Crippen molar-refractivity contribution in [2.45, 2.75) is 11.8 Å². The Morgan fingerprint density at radius 1 is 1.19 bits per heavy atom. The summed E-state index contributed by atoms with van der Waals surface area (Å²) in [6.45, 7) is 1.84. The number of aryl methyl sites for hydroxylation is 1. The summed E-state index contributed by atoms with van der Waals surface area (Å²) in [5.74, 6) is -0.735. The summed E-state index contributed by atoms with van der Waals surface area (Å²) in [7, 11) is -2.54. The van der Waals surface area contributed by atoms with Gasteiger partial charge in [0.25, 0.3) is 10.0 Å². The number of sulfonamides is 1. The number of hydrogen-bond acceptors (Lipinski definition) is 3. The normalized spacial score (nSPS) is 11.2. The molecule has 0 heterocycles. The van der Waals surface area contributed by atoms with Gasteiger partial charge in [0.05, 0.1) is 12.0 Å². The highest BCUT2D eigenvalue weighted by Gasteiger charge is 2.17. The van der Waals surface area contributed by atoms with Crippen LogP contribution in [-0.2, 0) is 10.0 Å². The first-order valence-electron chi connectivity index (χ1n) is 5.96. The molecule has 2 aromatic rings. The number of halogens is 2. The molecule has 112 valence electrons. The first-order valence-corrected chi connectivity index (χ1v) is 8.23. The third-order valence-electron chi connectivity index (χ3n) is 2.84. The largest absolute Gasteiger partial charge is 0.494 e. The van der Waals surface area contributed by atoms with Crippen molar-refractivity contribution in [3.63, 3.8) is 0 Å². The van der Waals surface area contributed by atoms with Crippen LogP contribution in [0.2, 0.25) is 0 Å². The highest BCUT2D eigenvalue weighted by molar-refractivity contribution is 9.10. The first kappa shape index (κ1) is 15.8. The van der Waals surface area contributed by atoms with E-state index in [0.29, 0.717) is 5.69 Å². The Bertz CT molecular complexity index is 778. The zero-order valence-electron chi connectivity index (χ0n) is 11.4. The summed E-state index contributed by atoms with van der Waals surface area (Å²) in [5.41, 5.74) is 1.29. The van der Waals surface area contributed by atoms with Crippen molar-refractivity contribution in [3.05, 3.63) is 52.3 Å². The molecule has 0 atom stereocenters. The van der Waals surface area contributed by atoms with E-state index < -0.39 is 15.8 Å². The Morgan fingerprint density at radius 3 is 2.48 bits per heavy atom. The van der Waals surface area contributed by atoms with Crippen LogP contribution in [0.5, 0.6) is 5.75 Å². The van der Waals surface area contributed by atoms with E-state index in [-0.39, 0.29) is 10.6 Å². The van der Waals surface area contributed by atoms with Crippen molar-refractivity contribution in [1.82, 2.24) is 0 Å². The fourth-order valence-electron chi connectivity index (χ4n) is 1.74. The number of ether oxygens (including phenoxy) is 1. The molecule has 0 aromatic heterocycles. The summed E-state index contributed by atoms with van der Waals surface area (Å²) in [5, 5.41) is 0. The second kappa shape index (κ2) is 6.03. The second-order valence-corrected chi connectivity index (χ2v) is 6.90. The standard InChI is InChI=1S/C14H13BrFNO3S/c1-9-7-10(3-5-12(9)15)17-21(18,19)11-4-6-14(20-2)13(16)8-11/h3-8,17H,1-2H3. The van der Waals surface area contributed by atoms with Gasteiger partial charge < -0.3 is 4.74 Å². The van der Waals surface area contributed by atoms with Crippen LogP contribution in [0.25, 0.3) is 0 Å². The molecule has 0 aliphatic heterocycles. The minimum atomic E-state index is -3.85. The van der Waals surface area contributed by atoms with Crippen LogP contribution < -0.4 is 9.46 Å². The summed E-state index contributed by atoms with van der Waals surface area (Å²) < 4.78 is 46.1. The molecule has 4 nitrogen and oxygen atoms in total. The number of benzene rings is 2. The molecule has 0 amide bonds. The number of methoxy groups -OCH3 is 1. The van der Waals surface area contributed by atoms with Gasteiger partial charge in [0, 0.05) is 10.2 Å². The maximum Gasteiger partial charge on any atom is 0.262 e. The molecule has 0 unspecified atom stereocenters. The predicted molar refractivity (Wildman–Crippen MR) is 82.6 cm³/mol. The molecule has 7 heteroatoms. The number of anilines is 1. The van der Waals surface area contributed by atoms with Crippen LogP contribution in [0.3, 0.4) is 0 Å². The molecule has 0 saturated heterocycles. The Hall–Kier alpha value is -1.60. The number of nitrogens with one attached hydrogen (secondary N) is 1. The van der Waals surface area contributed by atoms with E-state index in [2.05, 4.69) is 20.7 Å². The fourth-order valence-corrected chi connectivity index (χ4v) is 3.04. The van der Waals surface area contributed by atoms with Crippen molar-refractivity contribution in [2.75, 3.05) is 11.8 Å². The van der Waals surface area contributed by atoms with E-state index in [1.54, 1.807) is 18.2 Å². The van der Waals surface area contributed by atoms with Crippen LogP contribution in [0.15, 0.2) is 45.8 Å². The monoisotopic (exact) mass is 373 g/mol. The zero-order chi connectivity index (χ0) is 15.6. The molecular weight excluding hydrogens is 361 g/mol. The van der Waals surface area contributed by atoms with E-state index in [1.165, 1.54) is 19.2 Å². The molecule has 21 heavy (non-hydrogen) atoms. The SMILES string of the molecule is COc1ccc(S(=O)(=O)Nc2ccc(Br)c(C)c2)cc1F. The highest BCUT2D eigenvalue weighted by atomic mass is 79.9. The van der Waals surface area contributed by atoms with E-state index in [4.69, 9.17) is 4.74 Å². The minimum Gasteiger partial charge on any atom is -0.494 e. The van der Waals surface area contributed by atoms with E-state index in [0.717, 1.165) is 16.1 Å². The molecular formula is C14H13BrFNO3S. The van der Waals surface area contributed by atoms with Crippen molar-refractivity contribution < 1.29 is 17.5 Å². The lowest BCUT2D eigenvalue weighted by atomic mass is 10.2. The molecule has 0 bridgehead atoms. The van der Waals surface area contributed by atoms with E-state index in [1.807, 2.05) is 6.92 Å². The Balaban J connectivity index is 2.33. The molecule has 0 spiro atoms. The molecule has 0 radical (unpaired) electrons. The lowest BCUT2D eigenvalue weighted by Crippen LogP contribution is -2.13. The Labute approximate surface area is 131 Å². The lowest BCUT2D eigenvalue weighted by Gasteiger charge is -2.10. The first-order chi connectivity index (χ1) is 9.83. The second-order valence-electron chi connectivity index (χ2n) is 4.37. The van der Waals surface area contributed by atoms with Crippen LogP contribution in [-0.4, -0.2) is 15.5 Å². The third-order valence-corrected chi connectivity index (χ3v) is 5.11. The zero-order valence-corrected chi connectivity index (χ0v) is 13.8. The van der Waals surface area contributed by atoms with E-state index >= 15 is 0 Å². The number of hydrogen-bond donors (Lipinski definition) is 1. The van der Waals surface area contributed by atoms with Gasteiger partial charge in [-0.1, -0.05) is 15.9 Å². The van der Waals surface area contributed by atoms with Gasteiger partial charge in [0.15, 0.2) is 11.6 Å². The van der Waals surface area contributed by atoms with Gasteiger partial charge in [-0.25, -0.2) is 12.8 Å². The fraction of sp³-hybridized carbons (Fsp3) is 0.143. The van der Waals surface area contributed by atoms with Gasteiger partial charge in [0.1, 0.15) is 0 Å². The molecule has 0 aliphatic carbocycles. The number of rotatable bonds is 4. The van der Waals surface area contributed by atoms with Gasteiger partial charge in [-0.3, -0.25) is 4.72 Å². The maximum absolute atomic E-state index is 13.6. The average Bonchev–Trinajstić information content (AvgIpc) is 2.42. The van der Waals surface area contributed by atoms with Gasteiger partial charge in [-0.15, -0.1) is 0 Å². The summed E-state index contributed by atoms with van der Waals surface area (Å²) in [4.78, 5) is -0.165. The molecule has 0 saturated carbocycles. The van der Waals surface area contributed by atoms with Crippen LogP contribution in [0.1, 0.15) is 5.56 Å². The molecule has 2 rings (SSSR count). The molecule has 0 aliphatic rings. The van der Waals surface area contributed by atoms with Gasteiger partial charge >= 0.3 is 0 Å². The third kappa shape index (κ3) is 3.54. The Morgan fingerprint density at radius 2 is 1.90 bits per heavy atom. The summed E-state index contributed by atoms with van der Waals surface area (Å²) in [6.07, 6.45) is 0. The average molecular weight is 374 g/mol. The van der Waals surface area contributed by atoms with E-state index in [9.17, 15) is 12.8 Å². The van der Waals surface area contributed by atoms with Crippen LogP contribution >= 0.6 is 15.9 Å².